The van der Waals surface area contributed by atoms with Gasteiger partial charge in [-0.15, -0.1) is 46.7 Å². The number of guanidine groups is 1. The number of likely N-dealkylation sites (N-methyl/N-ethyl adjacent to an activating group) is 1. The molecule has 5 nitrogen and oxygen atoms in total. The number of aryl methyl sites for hydroxylation is 1. The SMILES string of the molecule is CN=C(NCCc1csc(C)n1)NCC(c1cccs1)N(C)C.I. The first kappa shape index (κ1) is 21.3. The molecule has 134 valence electrons. The van der Waals surface area contributed by atoms with Gasteiger partial charge in [0.1, 0.15) is 0 Å². The minimum atomic E-state index is 0. The van der Waals surface area contributed by atoms with Crippen LogP contribution in [0.2, 0.25) is 0 Å². The largest absolute Gasteiger partial charge is 0.356 e. The summed E-state index contributed by atoms with van der Waals surface area (Å²) in [4.78, 5) is 12.4. The number of hydrogen-bond acceptors (Lipinski definition) is 5. The lowest BCUT2D eigenvalue weighted by atomic mass is 10.2. The molecule has 2 aromatic heterocycles. The molecule has 24 heavy (non-hydrogen) atoms. The summed E-state index contributed by atoms with van der Waals surface area (Å²) < 4.78 is 0. The normalized spacial score (nSPS) is 12.8. The van der Waals surface area contributed by atoms with Crippen LogP contribution in [0.15, 0.2) is 27.9 Å². The van der Waals surface area contributed by atoms with E-state index in [1.807, 2.05) is 6.92 Å². The van der Waals surface area contributed by atoms with E-state index < -0.39 is 0 Å². The van der Waals surface area contributed by atoms with Gasteiger partial charge in [-0.2, -0.15) is 0 Å². The summed E-state index contributed by atoms with van der Waals surface area (Å²) >= 11 is 3.48. The summed E-state index contributed by atoms with van der Waals surface area (Å²) in [6.07, 6.45) is 0.910. The first-order chi connectivity index (χ1) is 11.1. The van der Waals surface area contributed by atoms with Crippen LogP contribution in [0.4, 0.5) is 0 Å². The summed E-state index contributed by atoms with van der Waals surface area (Å²) in [7, 11) is 6.01. The smallest absolute Gasteiger partial charge is 0.191 e. The molecule has 0 bridgehead atoms. The Kier molecular flexibility index (Phi) is 9.79. The molecule has 0 aliphatic rings. The van der Waals surface area contributed by atoms with Crippen molar-refractivity contribution in [3.63, 3.8) is 0 Å². The third-order valence-electron chi connectivity index (χ3n) is 3.52. The second kappa shape index (κ2) is 11.0. The monoisotopic (exact) mass is 479 g/mol. The molecule has 1 atom stereocenters. The molecule has 0 saturated carbocycles. The van der Waals surface area contributed by atoms with E-state index in [2.05, 4.69) is 62.5 Å². The number of nitrogens with one attached hydrogen (secondary N) is 2. The van der Waals surface area contributed by atoms with Gasteiger partial charge >= 0.3 is 0 Å². The molecule has 0 aliphatic heterocycles. The van der Waals surface area contributed by atoms with Crippen LogP contribution in [0, 0.1) is 6.92 Å². The third-order valence-corrected chi connectivity index (χ3v) is 5.32. The molecule has 0 radical (unpaired) electrons. The predicted octanol–water partition coefficient (Wildman–Crippen LogP) is 3.14. The number of aliphatic imine (C=N–C) groups is 1. The maximum Gasteiger partial charge on any atom is 0.191 e. The zero-order chi connectivity index (χ0) is 16.7. The minimum Gasteiger partial charge on any atom is -0.356 e. The minimum absolute atomic E-state index is 0. The first-order valence-electron chi connectivity index (χ1n) is 7.65. The Morgan fingerprint density at radius 1 is 1.33 bits per heavy atom. The quantitative estimate of drug-likeness (QED) is 0.364. The predicted molar refractivity (Wildman–Crippen MR) is 116 cm³/mol. The fraction of sp³-hybridized carbons (Fsp3) is 0.500. The maximum atomic E-state index is 4.48. The van der Waals surface area contributed by atoms with Crippen molar-refractivity contribution in [2.45, 2.75) is 19.4 Å². The van der Waals surface area contributed by atoms with Crippen LogP contribution < -0.4 is 10.6 Å². The van der Waals surface area contributed by atoms with Crippen LogP contribution in [0.25, 0.3) is 0 Å². The van der Waals surface area contributed by atoms with Crippen LogP contribution in [0.3, 0.4) is 0 Å². The van der Waals surface area contributed by atoms with E-state index in [0.29, 0.717) is 6.04 Å². The zero-order valence-electron chi connectivity index (χ0n) is 14.6. The second-order valence-electron chi connectivity index (χ2n) is 5.48. The average molecular weight is 479 g/mol. The van der Waals surface area contributed by atoms with Gasteiger partial charge in [-0.3, -0.25) is 4.99 Å². The summed E-state index contributed by atoms with van der Waals surface area (Å²) in [5.41, 5.74) is 1.14. The fourth-order valence-corrected chi connectivity index (χ4v) is 3.83. The number of aromatic nitrogens is 1. The summed E-state index contributed by atoms with van der Waals surface area (Å²) in [6, 6.07) is 4.62. The summed E-state index contributed by atoms with van der Waals surface area (Å²) in [5, 5.41) is 12.1. The van der Waals surface area contributed by atoms with Gasteiger partial charge in [-0.25, -0.2) is 4.98 Å². The molecule has 2 N–H and O–H groups in total. The Balaban J connectivity index is 0.00000288. The van der Waals surface area contributed by atoms with Gasteiger partial charge in [-0.05, 0) is 32.5 Å². The molecule has 2 aromatic rings. The summed E-state index contributed by atoms with van der Waals surface area (Å²) in [6.45, 7) is 3.69. The molecule has 0 spiro atoms. The Morgan fingerprint density at radius 2 is 2.12 bits per heavy atom. The molecule has 8 heteroatoms. The van der Waals surface area contributed by atoms with Crippen LogP contribution in [-0.2, 0) is 6.42 Å². The highest BCUT2D eigenvalue weighted by atomic mass is 127. The van der Waals surface area contributed by atoms with E-state index in [4.69, 9.17) is 0 Å². The van der Waals surface area contributed by atoms with Gasteiger partial charge in [0.2, 0.25) is 0 Å². The van der Waals surface area contributed by atoms with Crippen LogP contribution in [0.5, 0.6) is 0 Å². The lowest BCUT2D eigenvalue weighted by Crippen LogP contribution is -2.42. The van der Waals surface area contributed by atoms with Crippen LogP contribution in [0.1, 0.15) is 21.6 Å². The number of halogens is 1. The zero-order valence-corrected chi connectivity index (χ0v) is 18.5. The van der Waals surface area contributed by atoms with E-state index in [9.17, 15) is 0 Å². The van der Waals surface area contributed by atoms with Crippen LogP contribution >= 0.6 is 46.7 Å². The van der Waals surface area contributed by atoms with Gasteiger partial charge in [0.05, 0.1) is 16.7 Å². The van der Waals surface area contributed by atoms with Crippen molar-refractivity contribution in [2.24, 2.45) is 4.99 Å². The van der Waals surface area contributed by atoms with Gasteiger partial charge in [0.15, 0.2) is 5.96 Å². The highest BCUT2D eigenvalue weighted by Crippen LogP contribution is 2.22. The van der Waals surface area contributed by atoms with Gasteiger partial charge in [-0.1, -0.05) is 6.07 Å². The van der Waals surface area contributed by atoms with E-state index in [1.165, 1.54) is 4.88 Å². The van der Waals surface area contributed by atoms with Gasteiger partial charge in [0, 0.05) is 36.8 Å². The number of hydrogen-bond donors (Lipinski definition) is 2. The molecular formula is C16H26IN5S2. The Bertz CT molecular complexity index is 610. The molecule has 2 heterocycles. The van der Waals surface area contributed by atoms with E-state index in [1.54, 1.807) is 29.7 Å². The number of nitrogens with zero attached hydrogens (tertiary/aromatic N) is 3. The first-order valence-corrected chi connectivity index (χ1v) is 9.41. The molecule has 0 fully saturated rings. The second-order valence-corrected chi connectivity index (χ2v) is 7.52. The Morgan fingerprint density at radius 3 is 2.67 bits per heavy atom. The summed E-state index contributed by atoms with van der Waals surface area (Å²) in [5.74, 6) is 0.834. The lowest BCUT2D eigenvalue weighted by Gasteiger charge is -2.24. The molecule has 0 aromatic carbocycles. The number of thiophene rings is 1. The van der Waals surface area contributed by atoms with Crippen molar-refractivity contribution in [2.75, 3.05) is 34.2 Å². The topological polar surface area (TPSA) is 52.6 Å². The highest BCUT2D eigenvalue weighted by Gasteiger charge is 2.15. The van der Waals surface area contributed by atoms with Crippen molar-refractivity contribution in [3.05, 3.63) is 38.5 Å². The van der Waals surface area contributed by atoms with E-state index in [0.717, 1.165) is 36.2 Å². The third kappa shape index (κ3) is 6.66. The van der Waals surface area contributed by atoms with Gasteiger partial charge in [0.25, 0.3) is 0 Å². The van der Waals surface area contributed by atoms with Crippen molar-refractivity contribution >= 4 is 52.6 Å². The highest BCUT2D eigenvalue weighted by molar-refractivity contribution is 14.0. The van der Waals surface area contributed by atoms with E-state index in [-0.39, 0.29) is 24.0 Å². The molecule has 2 rings (SSSR count). The van der Waals surface area contributed by atoms with E-state index >= 15 is 0 Å². The van der Waals surface area contributed by atoms with Crippen molar-refractivity contribution in [1.29, 1.82) is 0 Å². The molecule has 1 unspecified atom stereocenters. The van der Waals surface area contributed by atoms with Crippen molar-refractivity contribution in [1.82, 2.24) is 20.5 Å². The Labute approximate surface area is 169 Å². The number of rotatable bonds is 7. The fourth-order valence-electron chi connectivity index (χ4n) is 2.26. The standard InChI is InChI=1S/C16H25N5S2.HI/c1-12-20-13(11-23-12)7-8-18-16(17-2)19-10-14(21(3)4)15-6-5-9-22-15;/h5-6,9,11,14H,7-8,10H2,1-4H3,(H2,17,18,19);1H. The average Bonchev–Trinajstić information content (AvgIpc) is 3.17. The van der Waals surface area contributed by atoms with Crippen molar-refractivity contribution < 1.29 is 0 Å². The molecular weight excluding hydrogens is 453 g/mol. The van der Waals surface area contributed by atoms with Crippen LogP contribution in [-0.4, -0.2) is 50.1 Å². The molecule has 0 amide bonds. The Hall–Kier alpha value is -0.710. The lowest BCUT2D eigenvalue weighted by molar-refractivity contribution is 0.302. The van der Waals surface area contributed by atoms with Crippen molar-refractivity contribution in [3.8, 4) is 0 Å². The number of thiazole rings is 1. The maximum absolute atomic E-state index is 4.48. The molecule has 0 aliphatic carbocycles. The molecule has 0 saturated heterocycles. The van der Waals surface area contributed by atoms with Gasteiger partial charge < -0.3 is 15.5 Å².